The van der Waals surface area contributed by atoms with Crippen molar-refractivity contribution in [1.29, 1.82) is 0 Å². The van der Waals surface area contributed by atoms with Crippen LogP contribution in [0.3, 0.4) is 0 Å². The molecule has 0 spiro atoms. The molecule has 2 aromatic heterocycles. The second kappa shape index (κ2) is 11.9. The highest BCUT2D eigenvalue weighted by Gasteiger charge is 2.23. The number of piperidine rings is 1. The molecule has 3 heterocycles. The Hall–Kier alpha value is -3.63. The molecule has 1 fully saturated rings. The Morgan fingerprint density at radius 3 is 2.73 bits per heavy atom. The maximum Gasteiger partial charge on any atom is 0.228 e. The highest BCUT2D eigenvalue weighted by atomic mass is 32.2. The summed E-state index contributed by atoms with van der Waals surface area (Å²) in [5, 5.41) is 7.98. The Morgan fingerprint density at radius 1 is 1.10 bits per heavy atom. The smallest absolute Gasteiger partial charge is 0.228 e. The largest absolute Gasteiger partial charge is 0.437 e. The molecule has 210 valence electrons. The molecule has 0 radical (unpaired) electrons. The van der Waals surface area contributed by atoms with E-state index in [1.54, 1.807) is 37.5 Å². The van der Waals surface area contributed by atoms with Crippen molar-refractivity contribution in [3.63, 3.8) is 0 Å². The predicted octanol–water partition coefficient (Wildman–Crippen LogP) is 5.67. The van der Waals surface area contributed by atoms with Gasteiger partial charge in [0.1, 0.15) is 11.6 Å². The normalized spacial score (nSPS) is 17.6. The Kier molecular flexibility index (Phi) is 8.27. The zero-order valence-corrected chi connectivity index (χ0v) is 23.8. The van der Waals surface area contributed by atoms with Crippen LogP contribution in [0.5, 0.6) is 11.6 Å². The number of fused-ring (bicyclic) bond motifs is 1. The van der Waals surface area contributed by atoms with Crippen molar-refractivity contribution in [3.8, 4) is 22.9 Å². The van der Waals surface area contributed by atoms with Gasteiger partial charge >= 0.3 is 0 Å². The second-order valence-electron chi connectivity index (χ2n) is 10.4. The van der Waals surface area contributed by atoms with E-state index < -0.39 is 15.7 Å². The molecule has 2 N–H and O–H groups in total. The van der Waals surface area contributed by atoms with Gasteiger partial charge in [0.05, 0.1) is 22.8 Å². The molecule has 40 heavy (non-hydrogen) atoms. The summed E-state index contributed by atoms with van der Waals surface area (Å²) in [4.78, 5) is 13.7. The summed E-state index contributed by atoms with van der Waals surface area (Å²) < 4.78 is 46.5. The Balaban J connectivity index is 1.51. The van der Waals surface area contributed by atoms with E-state index in [9.17, 15) is 12.8 Å². The lowest BCUT2D eigenvalue weighted by Crippen LogP contribution is -2.44. The third-order valence-electron chi connectivity index (χ3n) is 7.33. The molecule has 1 aliphatic rings. The quantitative estimate of drug-likeness (QED) is 0.269. The van der Waals surface area contributed by atoms with E-state index in [0.717, 1.165) is 25.1 Å². The lowest BCUT2D eigenvalue weighted by Gasteiger charge is -2.30. The van der Waals surface area contributed by atoms with Gasteiger partial charge in [-0.3, -0.25) is 0 Å². The van der Waals surface area contributed by atoms with Gasteiger partial charge in [-0.05, 0) is 73.5 Å². The topological polar surface area (TPSA) is 106 Å². The Labute approximate surface area is 234 Å². The van der Waals surface area contributed by atoms with Crippen LogP contribution in [0.2, 0.25) is 0 Å². The molecule has 1 aliphatic heterocycles. The third-order valence-corrected chi connectivity index (χ3v) is 9.08. The van der Waals surface area contributed by atoms with E-state index in [2.05, 4.69) is 27.5 Å². The molecule has 2 atom stereocenters. The number of sulfone groups is 1. The van der Waals surface area contributed by atoms with Gasteiger partial charge in [0.25, 0.3) is 0 Å². The molecule has 1 saturated heterocycles. The number of pyridine rings is 1. The third kappa shape index (κ3) is 6.08. The summed E-state index contributed by atoms with van der Waals surface area (Å²) in [6.07, 6.45) is 4.90. The minimum atomic E-state index is -3.46. The summed E-state index contributed by atoms with van der Waals surface area (Å²) in [6.45, 7) is 7.76. The van der Waals surface area contributed by atoms with E-state index in [0.29, 0.717) is 51.9 Å². The van der Waals surface area contributed by atoms with Crippen LogP contribution in [0.15, 0.2) is 54.9 Å². The molecule has 0 amide bonds. The summed E-state index contributed by atoms with van der Waals surface area (Å²) in [5.41, 5.74) is 2.27. The van der Waals surface area contributed by atoms with Gasteiger partial charge in [0.15, 0.2) is 9.84 Å². The number of benzene rings is 2. The number of nitrogens with zero attached hydrogens (tertiary/aromatic N) is 3. The minimum absolute atomic E-state index is 0.00128. The van der Waals surface area contributed by atoms with Crippen molar-refractivity contribution in [1.82, 2.24) is 20.3 Å². The van der Waals surface area contributed by atoms with Crippen LogP contribution in [0.4, 0.5) is 10.3 Å². The van der Waals surface area contributed by atoms with Crippen molar-refractivity contribution in [3.05, 3.63) is 71.8 Å². The van der Waals surface area contributed by atoms with E-state index in [1.807, 2.05) is 25.1 Å². The van der Waals surface area contributed by atoms with Crippen molar-refractivity contribution < 1.29 is 17.5 Å². The van der Waals surface area contributed by atoms with Crippen LogP contribution in [0, 0.1) is 18.7 Å². The van der Waals surface area contributed by atoms with Crippen LogP contribution in [-0.2, 0) is 15.6 Å². The number of hydrogen-bond acceptors (Lipinski definition) is 8. The Bertz CT molecular complexity index is 1630. The van der Waals surface area contributed by atoms with Crippen molar-refractivity contribution in [2.45, 2.75) is 45.4 Å². The molecular formula is C30H34FN5O3S. The maximum atomic E-state index is 14.9. The fraction of sp³-hybridized carbons (Fsp3) is 0.367. The molecular weight excluding hydrogens is 529 g/mol. The Morgan fingerprint density at radius 2 is 1.93 bits per heavy atom. The minimum Gasteiger partial charge on any atom is -0.437 e. The van der Waals surface area contributed by atoms with Crippen LogP contribution in [-0.4, -0.2) is 48.3 Å². The summed E-state index contributed by atoms with van der Waals surface area (Å²) in [7, 11) is -3.46. The number of halogens is 1. The molecule has 8 nitrogen and oxygen atoms in total. The van der Waals surface area contributed by atoms with E-state index in [-0.39, 0.29) is 23.1 Å². The lowest BCUT2D eigenvalue weighted by atomic mass is 9.95. The average molecular weight is 564 g/mol. The van der Waals surface area contributed by atoms with Crippen LogP contribution in [0.25, 0.3) is 22.0 Å². The molecule has 0 saturated carbocycles. The zero-order chi connectivity index (χ0) is 28.3. The summed E-state index contributed by atoms with van der Waals surface area (Å²) >= 11 is 0. The first-order valence-electron chi connectivity index (χ1n) is 13.6. The van der Waals surface area contributed by atoms with E-state index in [4.69, 9.17) is 9.72 Å². The molecule has 0 unspecified atom stereocenters. The lowest BCUT2D eigenvalue weighted by molar-refractivity contribution is 0.365. The summed E-state index contributed by atoms with van der Waals surface area (Å²) in [5.74, 6) is 0.925. The van der Waals surface area contributed by atoms with Gasteiger partial charge in [0, 0.05) is 35.9 Å². The first-order valence-corrected chi connectivity index (χ1v) is 15.4. The molecule has 0 aliphatic carbocycles. The van der Waals surface area contributed by atoms with Crippen LogP contribution < -0.4 is 15.4 Å². The molecule has 0 bridgehead atoms. The van der Waals surface area contributed by atoms with Crippen molar-refractivity contribution in [2.24, 2.45) is 5.92 Å². The first-order chi connectivity index (χ1) is 19.3. The zero-order valence-electron chi connectivity index (χ0n) is 22.9. The van der Waals surface area contributed by atoms with E-state index in [1.165, 1.54) is 6.07 Å². The molecule has 4 aromatic rings. The number of nitrogens with one attached hydrogen (secondary N) is 2. The average Bonchev–Trinajstić information content (AvgIpc) is 2.93. The van der Waals surface area contributed by atoms with Crippen molar-refractivity contribution >= 4 is 26.6 Å². The number of hydrogen-bond donors (Lipinski definition) is 2. The SMILES string of the molecule is CCCS(=O)(=O)Cc1c(F)ccc2c(Oc3ncccc3-c3ccnc(N[C@@H]4CNCC[C@H]4C)n3)c(C)ccc12. The first kappa shape index (κ1) is 27.9. The summed E-state index contributed by atoms with van der Waals surface area (Å²) in [6, 6.07) is 12.2. The van der Waals surface area contributed by atoms with Crippen LogP contribution in [0.1, 0.15) is 37.8 Å². The van der Waals surface area contributed by atoms with E-state index >= 15 is 0 Å². The fourth-order valence-electron chi connectivity index (χ4n) is 5.10. The number of aromatic nitrogens is 3. The van der Waals surface area contributed by atoms with Gasteiger partial charge < -0.3 is 15.4 Å². The van der Waals surface area contributed by atoms with Gasteiger partial charge in [-0.15, -0.1) is 0 Å². The monoisotopic (exact) mass is 563 g/mol. The van der Waals surface area contributed by atoms with Gasteiger partial charge in [-0.1, -0.05) is 26.0 Å². The number of ether oxygens (including phenoxy) is 1. The van der Waals surface area contributed by atoms with Gasteiger partial charge in [0.2, 0.25) is 11.8 Å². The number of aryl methyl sites for hydroxylation is 1. The van der Waals surface area contributed by atoms with Gasteiger partial charge in [-0.25, -0.2) is 27.8 Å². The van der Waals surface area contributed by atoms with Crippen LogP contribution >= 0.6 is 0 Å². The number of rotatable bonds is 9. The molecule has 5 rings (SSSR count). The molecule has 10 heteroatoms. The highest BCUT2D eigenvalue weighted by molar-refractivity contribution is 7.90. The number of anilines is 1. The van der Waals surface area contributed by atoms with Gasteiger partial charge in [-0.2, -0.15) is 0 Å². The maximum absolute atomic E-state index is 14.9. The highest BCUT2D eigenvalue weighted by Crippen LogP contribution is 2.38. The second-order valence-corrected chi connectivity index (χ2v) is 12.6. The molecule has 2 aromatic carbocycles. The predicted molar refractivity (Wildman–Crippen MR) is 156 cm³/mol. The fourth-order valence-corrected chi connectivity index (χ4v) is 6.60. The van der Waals surface area contributed by atoms with Crippen molar-refractivity contribution in [2.75, 3.05) is 24.2 Å². The standard InChI is InChI=1S/C30H34FN5O3S/c1-4-16-40(37,38)18-24-21-8-7-20(3)28(22(21)9-10-25(24)31)39-29-23(6-5-13-33-29)26-12-15-34-30(35-26)36-27-17-32-14-11-19(27)2/h5-10,12-13,15,19,27,32H,4,11,14,16-18H2,1-3H3,(H,34,35,36)/t19-,27-/m1/s1.